The number of nitriles is 1. The van der Waals surface area contributed by atoms with Gasteiger partial charge in [0, 0.05) is 19.0 Å². The molecule has 17 heavy (non-hydrogen) atoms. The third-order valence-corrected chi connectivity index (χ3v) is 3.76. The first-order valence-corrected chi connectivity index (χ1v) is 6.30. The van der Waals surface area contributed by atoms with Crippen molar-refractivity contribution in [3.05, 3.63) is 12.2 Å². The van der Waals surface area contributed by atoms with Gasteiger partial charge in [0.25, 0.3) is 0 Å². The first-order chi connectivity index (χ1) is 7.97. The van der Waals surface area contributed by atoms with Gasteiger partial charge in [-0.1, -0.05) is 32.9 Å². The highest BCUT2D eigenvalue weighted by atomic mass is 16.2. The Hall–Kier alpha value is -1.30. The Balaban J connectivity index is 2.69. The van der Waals surface area contributed by atoms with Gasteiger partial charge in [-0.25, -0.2) is 0 Å². The highest BCUT2D eigenvalue weighted by Gasteiger charge is 2.30. The third kappa shape index (κ3) is 3.33. The summed E-state index contributed by atoms with van der Waals surface area (Å²) in [6.07, 6.45) is 1.00. The fraction of sp³-hybridized carbons (Fsp3) is 0.714. The lowest BCUT2D eigenvalue weighted by Crippen LogP contribution is -2.44. The van der Waals surface area contributed by atoms with E-state index in [1.807, 2.05) is 11.0 Å². The van der Waals surface area contributed by atoms with Crippen molar-refractivity contribution in [1.82, 2.24) is 4.90 Å². The van der Waals surface area contributed by atoms with Crippen molar-refractivity contribution in [2.75, 3.05) is 13.1 Å². The highest BCUT2D eigenvalue weighted by molar-refractivity contribution is 5.78. The molecule has 94 valence electrons. The molecule has 0 spiro atoms. The van der Waals surface area contributed by atoms with Gasteiger partial charge in [-0.2, -0.15) is 5.26 Å². The fourth-order valence-electron chi connectivity index (χ4n) is 2.39. The largest absolute Gasteiger partial charge is 0.341 e. The molecule has 0 radical (unpaired) electrons. The van der Waals surface area contributed by atoms with Crippen LogP contribution < -0.4 is 0 Å². The molecule has 0 saturated carbocycles. The summed E-state index contributed by atoms with van der Waals surface area (Å²) < 4.78 is 0. The summed E-state index contributed by atoms with van der Waals surface area (Å²) in [4.78, 5) is 13.5. The second-order valence-corrected chi connectivity index (χ2v) is 5.28. The van der Waals surface area contributed by atoms with E-state index in [0.717, 1.165) is 19.5 Å². The summed E-state index contributed by atoms with van der Waals surface area (Å²) in [7, 11) is 0. The number of carbonyl (C=O) groups excluding carboxylic acids is 1. The van der Waals surface area contributed by atoms with Crippen LogP contribution in [0.4, 0.5) is 0 Å². The second kappa shape index (κ2) is 5.86. The van der Waals surface area contributed by atoms with Crippen LogP contribution in [0.1, 0.15) is 33.6 Å². The molecule has 3 nitrogen and oxygen atoms in total. The zero-order valence-corrected chi connectivity index (χ0v) is 11.1. The average Bonchev–Trinajstić information content (AvgIpc) is 2.28. The van der Waals surface area contributed by atoms with E-state index in [4.69, 9.17) is 5.26 Å². The molecule has 1 amide bonds. The molecule has 0 N–H and O–H groups in total. The molecule has 2 atom stereocenters. The molecule has 1 aliphatic rings. The molecule has 1 rings (SSSR count). The van der Waals surface area contributed by atoms with Crippen molar-refractivity contribution >= 4 is 5.91 Å². The number of amides is 1. The lowest BCUT2D eigenvalue weighted by Gasteiger charge is -2.39. The minimum atomic E-state index is -0.0408. The van der Waals surface area contributed by atoms with Gasteiger partial charge >= 0.3 is 0 Å². The maximum absolute atomic E-state index is 11.7. The Kier molecular flexibility index (Phi) is 4.74. The Bertz CT molecular complexity index is 341. The van der Waals surface area contributed by atoms with Crippen molar-refractivity contribution in [3.63, 3.8) is 0 Å². The Morgan fingerprint density at radius 1 is 1.59 bits per heavy atom. The van der Waals surface area contributed by atoms with Gasteiger partial charge in [-0.3, -0.25) is 4.79 Å². The maximum Gasteiger partial charge on any atom is 0.236 e. The number of likely N-dealkylation sites (tertiary alicyclic amines) is 1. The predicted octanol–water partition coefficient (Wildman–Crippen LogP) is 2.60. The minimum Gasteiger partial charge on any atom is -0.341 e. The van der Waals surface area contributed by atoms with Gasteiger partial charge in [0.15, 0.2) is 0 Å². The molecule has 1 heterocycles. The van der Waals surface area contributed by atoms with Crippen LogP contribution in [0.2, 0.25) is 0 Å². The molecule has 0 aromatic heterocycles. The number of hydrogen-bond donors (Lipinski definition) is 0. The van der Waals surface area contributed by atoms with E-state index in [1.165, 1.54) is 5.57 Å². The summed E-state index contributed by atoms with van der Waals surface area (Å²) in [5.74, 6) is 1.37. The van der Waals surface area contributed by atoms with Crippen LogP contribution in [0.15, 0.2) is 12.2 Å². The van der Waals surface area contributed by atoms with Crippen LogP contribution in [0, 0.1) is 29.1 Å². The molecular formula is C14H22N2O. The van der Waals surface area contributed by atoms with Gasteiger partial charge in [0.05, 0.1) is 6.07 Å². The molecule has 3 heteroatoms. The summed E-state index contributed by atoms with van der Waals surface area (Å²) >= 11 is 0. The number of hydrogen-bond acceptors (Lipinski definition) is 2. The minimum absolute atomic E-state index is 0.00471. The Morgan fingerprint density at radius 2 is 2.24 bits per heavy atom. The van der Waals surface area contributed by atoms with E-state index in [-0.39, 0.29) is 12.3 Å². The zero-order valence-electron chi connectivity index (χ0n) is 11.1. The van der Waals surface area contributed by atoms with Crippen molar-refractivity contribution in [2.45, 2.75) is 33.6 Å². The van der Waals surface area contributed by atoms with E-state index in [2.05, 4.69) is 27.4 Å². The van der Waals surface area contributed by atoms with Crippen molar-refractivity contribution < 1.29 is 4.79 Å². The lowest BCUT2D eigenvalue weighted by atomic mass is 9.78. The molecule has 0 aromatic rings. The topological polar surface area (TPSA) is 44.1 Å². The number of piperidine rings is 1. The van der Waals surface area contributed by atoms with E-state index in [1.54, 1.807) is 0 Å². The normalized spacial score (nSPS) is 24.5. The van der Waals surface area contributed by atoms with E-state index < -0.39 is 0 Å². The van der Waals surface area contributed by atoms with Crippen LogP contribution in [0.5, 0.6) is 0 Å². The number of carbonyl (C=O) groups is 1. The van der Waals surface area contributed by atoms with Crippen LogP contribution in [0.25, 0.3) is 0 Å². The van der Waals surface area contributed by atoms with Crippen molar-refractivity contribution in [2.24, 2.45) is 17.8 Å². The molecule has 1 fully saturated rings. The predicted molar refractivity (Wildman–Crippen MR) is 68.1 cm³/mol. The number of nitrogens with zero attached hydrogens (tertiary/aromatic N) is 2. The lowest BCUT2D eigenvalue weighted by molar-refractivity contribution is -0.132. The van der Waals surface area contributed by atoms with Gasteiger partial charge in [0.1, 0.15) is 6.42 Å². The quantitative estimate of drug-likeness (QED) is 0.704. The van der Waals surface area contributed by atoms with Crippen LogP contribution in [0.3, 0.4) is 0 Å². The monoisotopic (exact) mass is 234 g/mol. The third-order valence-electron chi connectivity index (χ3n) is 3.76. The van der Waals surface area contributed by atoms with Crippen molar-refractivity contribution in [3.8, 4) is 6.07 Å². The molecule has 0 aliphatic carbocycles. The van der Waals surface area contributed by atoms with E-state index >= 15 is 0 Å². The SMILES string of the molecule is C=C(C(C)C)C1CN(C(=O)CC#N)CCC1C. The molecule has 2 unspecified atom stereocenters. The average molecular weight is 234 g/mol. The maximum atomic E-state index is 11.7. The summed E-state index contributed by atoms with van der Waals surface area (Å²) in [5, 5.41) is 8.57. The molecule has 1 saturated heterocycles. The summed E-state index contributed by atoms with van der Waals surface area (Å²) in [6, 6.07) is 1.93. The first-order valence-electron chi connectivity index (χ1n) is 6.30. The van der Waals surface area contributed by atoms with Crippen LogP contribution in [-0.4, -0.2) is 23.9 Å². The first kappa shape index (κ1) is 13.8. The fourth-order valence-corrected chi connectivity index (χ4v) is 2.39. The standard InChI is InChI=1S/C14H22N2O/c1-10(2)12(4)13-9-16(8-6-11(13)3)14(17)5-7-15/h10-11,13H,4-6,8-9H2,1-3H3. The van der Waals surface area contributed by atoms with Crippen LogP contribution >= 0.6 is 0 Å². The molecule has 0 aromatic carbocycles. The van der Waals surface area contributed by atoms with Crippen molar-refractivity contribution in [1.29, 1.82) is 5.26 Å². The molecular weight excluding hydrogens is 212 g/mol. The van der Waals surface area contributed by atoms with Gasteiger partial charge in [-0.05, 0) is 18.3 Å². The van der Waals surface area contributed by atoms with E-state index in [9.17, 15) is 4.79 Å². The van der Waals surface area contributed by atoms with Gasteiger partial charge in [0.2, 0.25) is 5.91 Å². The van der Waals surface area contributed by atoms with E-state index in [0.29, 0.717) is 17.8 Å². The highest BCUT2D eigenvalue weighted by Crippen LogP contribution is 2.32. The second-order valence-electron chi connectivity index (χ2n) is 5.28. The van der Waals surface area contributed by atoms with Gasteiger partial charge in [-0.15, -0.1) is 0 Å². The molecule has 1 aliphatic heterocycles. The Morgan fingerprint density at radius 3 is 2.76 bits per heavy atom. The smallest absolute Gasteiger partial charge is 0.236 e. The number of rotatable bonds is 3. The van der Waals surface area contributed by atoms with Crippen LogP contribution in [-0.2, 0) is 4.79 Å². The summed E-state index contributed by atoms with van der Waals surface area (Å²) in [6.45, 7) is 12.2. The molecule has 0 bridgehead atoms. The zero-order chi connectivity index (χ0) is 13.0. The summed E-state index contributed by atoms with van der Waals surface area (Å²) in [5.41, 5.74) is 1.23. The van der Waals surface area contributed by atoms with Gasteiger partial charge < -0.3 is 4.90 Å². The Labute approximate surface area is 104 Å².